The van der Waals surface area contributed by atoms with E-state index in [2.05, 4.69) is 39.0 Å². The van der Waals surface area contributed by atoms with Crippen molar-refractivity contribution in [2.75, 3.05) is 0 Å². The number of hydrogen-bond acceptors (Lipinski definition) is 0. The lowest BCUT2D eigenvalue weighted by atomic mass is 9.64. The van der Waals surface area contributed by atoms with Crippen LogP contribution in [0.15, 0.2) is 34.9 Å². The minimum Gasteiger partial charge on any atom is -0.0810 e. The van der Waals surface area contributed by atoms with Gasteiger partial charge in [0.15, 0.2) is 0 Å². The van der Waals surface area contributed by atoms with Crippen LogP contribution in [0.1, 0.15) is 78.6 Å². The monoisotopic (exact) mass is 284 g/mol. The molecule has 0 aromatic carbocycles. The van der Waals surface area contributed by atoms with E-state index in [9.17, 15) is 0 Å². The van der Waals surface area contributed by atoms with Crippen LogP contribution in [0.3, 0.4) is 0 Å². The Labute approximate surface area is 131 Å². The summed E-state index contributed by atoms with van der Waals surface area (Å²) in [6, 6.07) is 0. The summed E-state index contributed by atoms with van der Waals surface area (Å²) in [5.74, 6) is 1.78. The number of hydrogen-bond donors (Lipinski definition) is 0. The molecule has 0 aliphatic heterocycles. The van der Waals surface area contributed by atoms with Crippen molar-refractivity contribution in [2.24, 2.45) is 17.3 Å². The highest BCUT2D eigenvalue weighted by Crippen LogP contribution is 2.57. The molecule has 0 aromatic heterocycles. The molecule has 3 aliphatic rings. The molecule has 1 fully saturated rings. The first-order valence-electron chi connectivity index (χ1n) is 9.22. The van der Waals surface area contributed by atoms with Crippen LogP contribution in [0.25, 0.3) is 0 Å². The molecule has 3 aliphatic carbocycles. The van der Waals surface area contributed by atoms with Gasteiger partial charge in [-0.25, -0.2) is 0 Å². The first-order chi connectivity index (χ1) is 10.1. The summed E-state index contributed by atoms with van der Waals surface area (Å²) in [6.07, 6.45) is 19.8. The Morgan fingerprint density at radius 2 is 2.00 bits per heavy atom. The largest absolute Gasteiger partial charge is 0.0810 e. The van der Waals surface area contributed by atoms with E-state index >= 15 is 0 Å². The lowest BCUT2D eigenvalue weighted by Gasteiger charge is -2.40. The average molecular weight is 284 g/mol. The van der Waals surface area contributed by atoms with Crippen LogP contribution in [0.2, 0.25) is 0 Å². The van der Waals surface area contributed by atoms with Crippen LogP contribution < -0.4 is 0 Å². The number of fused-ring (bicyclic) bond motifs is 1. The molecule has 0 saturated heterocycles. The van der Waals surface area contributed by atoms with Gasteiger partial charge < -0.3 is 0 Å². The summed E-state index contributed by atoms with van der Waals surface area (Å²) in [6.45, 7) is 7.30. The molecule has 21 heavy (non-hydrogen) atoms. The molecule has 0 amide bonds. The van der Waals surface area contributed by atoms with Crippen LogP contribution in [0.4, 0.5) is 0 Å². The zero-order valence-electron chi connectivity index (χ0n) is 14.3. The van der Waals surface area contributed by atoms with Gasteiger partial charge in [-0.05, 0) is 86.7 Å². The summed E-state index contributed by atoms with van der Waals surface area (Å²) < 4.78 is 0. The second-order valence-corrected chi connectivity index (χ2v) is 7.83. The van der Waals surface area contributed by atoms with E-state index in [1.807, 2.05) is 0 Å². The molecule has 3 rings (SSSR count). The minimum absolute atomic E-state index is 0.583. The summed E-state index contributed by atoms with van der Waals surface area (Å²) in [5, 5.41) is 0. The van der Waals surface area contributed by atoms with Crippen LogP contribution in [0, 0.1) is 17.3 Å². The average Bonchev–Trinajstić information content (AvgIpc) is 2.83. The van der Waals surface area contributed by atoms with Crippen molar-refractivity contribution in [2.45, 2.75) is 78.6 Å². The molecule has 0 radical (unpaired) electrons. The Balaban J connectivity index is 1.79. The van der Waals surface area contributed by atoms with Gasteiger partial charge in [0, 0.05) is 0 Å². The van der Waals surface area contributed by atoms with Crippen molar-refractivity contribution in [1.82, 2.24) is 0 Å². The van der Waals surface area contributed by atoms with Crippen molar-refractivity contribution in [3.8, 4) is 0 Å². The Morgan fingerprint density at radius 3 is 2.76 bits per heavy atom. The fraction of sp³-hybridized carbons (Fsp3) is 0.714. The smallest absolute Gasteiger partial charge is 0.0108 e. The topological polar surface area (TPSA) is 0 Å². The maximum atomic E-state index is 2.57. The van der Waals surface area contributed by atoms with Crippen LogP contribution in [-0.2, 0) is 0 Å². The molecule has 0 bridgehead atoms. The molecule has 0 aromatic rings. The maximum Gasteiger partial charge on any atom is -0.0108 e. The number of rotatable bonds is 3. The molecule has 0 unspecified atom stereocenters. The molecule has 0 spiro atoms. The molecule has 0 heteroatoms. The molecule has 1 saturated carbocycles. The summed E-state index contributed by atoms with van der Waals surface area (Å²) >= 11 is 0. The Kier molecular flexibility index (Phi) is 4.43. The van der Waals surface area contributed by atoms with Gasteiger partial charge in [-0.1, -0.05) is 44.1 Å². The second-order valence-electron chi connectivity index (χ2n) is 7.83. The van der Waals surface area contributed by atoms with E-state index in [1.165, 1.54) is 57.8 Å². The van der Waals surface area contributed by atoms with E-state index in [4.69, 9.17) is 0 Å². The maximum absolute atomic E-state index is 2.57. The van der Waals surface area contributed by atoms with Crippen molar-refractivity contribution in [1.29, 1.82) is 0 Å². The van der Waals surface area contributed by atoms with Crippen molar-refractivity contribution in [3.63, 3.8) is 0 Å². The summed E-state index contributed by atoms with van der Waals surface area (Å²) in [5.41, 5.74) is 5.50. The number of allylic oxidation sites excluding steroid dienone is 6. The van der Waals surface area contributed by atoms with E-state index in [-0.39, 0.29) is 0 Å². The van der Waals surface area contributed by atoms with Gasteiger partial charge in [0.2, 0.25) is 0 Å². The lowest BCUT2D eigenvalue weighted by molar-refractivity contribution is 0.153. The zero-order valence-corrected chi connectivity index (χ0v) is 14.3. The van der Waals surface area contributed by atoms with Crippen molar-refractivity contribution in [3.05, 3.63) is 34.9 Å². The molecule has 0 nitrogen and oxygen atoms in total. The van der Waals surface area contributed by atoms with Crippen LogP contribution in [-0.4, -0.2) is 0 Å². The molecule has 0 N–H and O–H groups in total. The molecule has 3 atom stereocenters. The van der Waals surface area contributed by atoms with E-state index in [1.54, 1.807) is 16.7 Å². The highest BCUT2D eigenvalue weighted by molar-refractivity contribution is 5.35. The van der Waals surface area contributed by atoms with Gasteiger partial charge in [-0.15, -0.1) is 0 Å². The fourth-order valence-electron chi connectivity index (χ4n) is 5.29. The highest BCUT2D eigenvalue weighted by Gasteiger charge is 2.47. The third kappa shape index (κ3) is 2.79. The second kappa shape index (κ2) is 6.15. The molecule has 0 heterocycles. The first kappa shape index (κ1) is 15.1. The third-order valence-electron chi connectivity index (χ3n) is 6.76. The van der Waals surface area contributed by atoms with Crippen LogP contribution >= 0.6 is 0 Å². The van der Waals surface area contributed by atoms with Gasteiger partial charge in [0.1, 0.15) is 0 Å². The molecular formula is C21H32. The van der Waals surface area contributed by atoms with E-state index in [0.29, 0.717) is 5.41 Å². The van der Waals surface area contributed by atoms with Gasteiger partial charge in [-0.2, -0.15) is 0 Å². The SMILES string of the molecule is CC[C@H]1CC[C@H]2C(/C=C/C3=C(C)CCCC3)=CCC[C@]12C. The van der Waals surface area contributed by atoms with Gasteiger partial charge in [0.05, 0.1) is 0 Å². The Morgan fingerprint density at radius 1 is 1.19 bits per heavy atom. The minimum atomic E-state index is 0.583. The summed E-state index contributed by atoms with van der Waals surface area (Å²) in [7, 11) is 0. The normalized spacial score (nSPS) is 37.0. The quantitative estimate of drug-likeness (QED) is 0.548. The van der Waals surface area contributed by atoms with Crippen LogP contribution in [0.5, 0.6) is 0 Å². The zero-order chi connectivity index (χ0) is 14.9. The van der Waals surface area contributed by atoms with E-state index < -0.39 is 0 Å². The van der Waals surface area contributed by atoms with Gasteiger partial charge in [0.25, 0.3) is 0 Å². The fourth-order valence-corrected chi connectivity index (χ4v) is 5.29. The Bertz CT molecular complexity index is 476. The molecule has 116 valence electrons. The third-order valence-corrected chi connectivity index (χ3v) is 6.76. The predicted molar refractivity (Wildman–Crippen MR) is 92.2 cm³/mol. The summed E-state index contributed by atoms with van der Waals surface area (Å²) in [4.78, 5) is 0. The Hall–Kier alpha value is -0.780. The van der Waals surface area contributed by atoms with E-state index in [0.717, 1.165) is 11.8 Å². The lowest BCUT2D eigenvalue weighted by Crippen LogP contribution is -2.31. The van der Waals surface area contributed by atoms with Gasteiger partial charge in [-0.3, -0.25) is 0 Å². The molecular weight excluding hydrogens is 252 g/mol. The predicted octanol–water partition coefficient (Wildman–Crippen LogP) is 6.60. The standard InChI is InChI=1S/C21H32/c1-4-19-13-14-20-18(10-7-15-21(19,20)3)12-11-17-9-6-5-8-16(17)2/h10-12,19-20H,4-9,13-15H2,1-3H3/b12-11+/t19-,20-,21+/m0/s1. The van der Waals surface area contributed by atoms with Crippen molar-refractivity contribution < 1.29 is 0 Å². The first-order valence-corrected chi connectivity index (χ1v) is 9.22. The highest BCUT2D eigenvalue weighted by atomic mass is 14.5. The van der Waals surface area contributed by atoms with Gasteiger partial charge >= 0.3 is 0 Å². The van der Waals surface area contributed by atoms with Crippen molar-refractivity contribution >= 4 is 0 Å².